The van der Waals surface area contributed by atoms with Crippen LogP contribution in [0.4, 0.5) is 0 Å². The lowest BCUT2D eigenvalue weighted by Crippen LogP contribution is -2.21. The molecule has 122 valence electrons. The average Bonchev–Trinajstić information content (AvgIpc) is 2.53. The molecule has 0 radical (unpaired) electrons. The van der Waals surface area contributed by atoms with Gasteiger partial charge in [0.1, 0.15) is 17.6 Å². The van der Waals surface area contributed by atoms with E-state index < -0.39 is 0 Å². The van der Waals surface area contributed by atoms with Crippen molar-refractivity contribution in [1.82, 2.24) is 0 Å². The van der Waals surface area contributed by atoms with Crippen LogP contribution in [0.5, 0.6) is 11.5 Å². The highest BCUT2D eigenvalue weighted by Gasteiger charge is 2.05. The monoisotopic (exact) mass is 332 g/mol. The third-order valence-electron chi connectivity index (χ3n) is 3.20. The third-order valence-corrected chi connectivity index (χ3v) is 3.44. The van der Waals surface area contributed by atoms with Crippen LogP contribution in [0, 0.1) is 0 Å². The molecule has 0 fully saturated rings. The molecule has 0 aliphatic heterocycles. The van der Waals surface area contributed by atoms with Crippen LogP contribution in [-0.4, -0.2) is 25.6 Å². The summed E-state index contributed by atoms with van der Waals surface area (Å²) in [5.41, 5.74) is 7.02. The number of benzene rings is 2. The first-order valence-corrected chi connectivity index (χ1v) is 7.78. The van der Waals surface area contributed by atoms with Crippen LogP contribution in [0.25, 0.3) is 0 Å². The minimum atomic E-state index is -0.0833. The van der Waals surface area contributed by atoms with E-state index in [2.05, 4.69) is 4.99 Å². The Morgan fingerprint density at radius 1 is 1.17 bits per heavy atom. The molecule has 0 saturated heterocycles. The average molecular weight is 333 g/mol. The fourth-order valence-electron chi connectivity index (χ4n) is 2.10. The first-order chi connectivity index (χ1) is 11.1. The van der Waals surface area contributed by atoms with Gasteiger partial charge in [-0.15, -0.1) is 0 Å². The van der Waals surface area contributed by atoms with Gasteiger partial charge in [0.25, 0.3) is 0 Å². The van der Waals surface area contributed by atoms with Gasteiger partial charge in [0, 0.05) is 17.5 Å². The summed E-state index contributed by atoms with van der Waals surface area (Å²) in [7, 11) is 1.63. The minimum Gasteiger partial charge on any atom is -0.497 e. The normalized spacial score (nSPS) is 12.7. The molecule has 0 amide bonds. The van der Waals surface area contributed by atoms with Crippen molar-refractivity contribution in [2.24, 2.45) is 10.7 Å². The van der Waals surface area contributed by atoms with Gasteiger partial charge in [0.15, 0.2) is 0 Å². The Morgan fingerprint density at radius 3 is 2.65 bits per heavy atom. The van der Waals surface area contributed by atoms with Crippen LogP contribution in [0.1, 0.15) is 12.5 Å². The van der Waals surface area contributed by atoms with E-state index >= 15 is 0 Å². The van der Waals surface area contributed by atoms with E-state index in [-0.39, 0.29) is 6.10 Å². The minimum absolute atomic E-state index is 0.0833. The zero-order valence-electron chi connectivity index (χ0n) is 13.3. The quantitative estimate of drug-likeness (QED) is 0.621. The van der Waals surface area contributed by atoms with Crippen molar-refractivity contribution < 1.29 is 9.47 Å². The van der Waals surface area contributed by atoms with Crippen LogP contribution in [0.3, 0.4) is 0 Å². The van der Waals surface area contributed by atoms with Gasteiger partial charge in [-0.2, -0.15) is 0 Å². The molecule has 2 aromatic carbocycles. The lowest BCUT2D eigenvalue weighted by Gasteiger charge is -2.13. The summed E-state index contributed by atoms with van der Waals surface area (Å²) in [5, 5.41) is 0.699. The van der Waals surface area contributed by atoms with Gasteiger partial charge in [0.05, 0.1) is 19.5 Å². The third kappa shape index (κ3) is 5.83. The van der Waals surface area contributed by atoms with Crippen molar-refractivity contribution in [2.45, 2.75) is 19.4 Å². The number of nitrogens with two attached hydrogens (primary N) is 1. The van der Waals surface area contributed by atoms with E-state index in [1.54, 1.807) is 7.11 Å². The van der Waals surface area contributed by atoms with Crippen LogP contribution in [-0.2, 0) is 6.42 Å². The topological polar surface area (TPSA) is 56.8 Å². The number of amidine groups is 1. The zero-order chi connectivity index (χ0) is 16.7. The maximum atomic E-state index is 5.97. The Morgan fingerprint density at radius 2 is 1.91 bits per heavy atom. The van der Waals surface area contributed by atoms with E-state index in [0.717, 1.165) is 17.1 Å². The SMILES string of the molecule is COc1cccc(OC(C)CN=C(N)Cc2cccc(Cl)c2)c1. The molecule has 1 atom stereocenters. The first kappa shape index (κ1) is 17.2. The molecule has 0 aromatic heterocycles. The van der Waals surface area contributed by atoms with E-state index in [0.29, 0.717) is 23.8 Å². The largest absolute Gasteiger partial charge is 0.497 e. The lowest BCUT2D eigenvalue weighted by atomic mass is 10.1. The molecule has 5 heteroatoms. The molecule has 23 heavy (non-hydrogen) atoms. The predicted molar refractivity (Wildman–Crippen MR) is 94.7 cm³/mol. The highest BCUT2D eigenvalue weighted by atomic mass is 35.5. The maximum Gasteiger partial charge on any atom is 0.123 e. The van der Waals surface area contributed by atoms with E-state index in [9.17, 15) is 0 Å². The summed E-state index contributed by atoms with van der Waals surface area (Å²) in [6.07, 6.45) is 0.493. The molecule has 1 unspecified atom stereocenters. The van der Waals surface area contributed by atoms with Crippen LogP contribution < -0.4 is 15.2 Å². The number of aliphatic imine (C=N–C) groups is 1. The Labute approximate surface area is 141 Å². The van der Waals surface area contributed by atoms with E-state index in [1.807, 2.05) is 55.5 Å². The Balaban J connectivity index is 1.88. The maximum absolute atomic E-state index is 5.97. The van der Waals surface area contributed by atoms with Gasteiger partial charge in [-0.1, -0.05) is 29.8 Å². The fraction of sp³-hybridized carbons (Fsp3) is 0.278. The van der Waals surface area contributed by atoms with Crippen LogP contribution in [0.15, 0.2) is 53.5 Å². The summed E-state index contributed by atoms with van der Waals surface area (Å²) in [6.45, 7) is 2.44. The zero-order valence-corrected chi connectivity index (χ0v) is 14.1. The van der Waals surface area contributed by atoms with Gasteiger partial charge in [-0.3, -0.25) is 4.99 Å². The number of hydrogen-bond donors (Lipinski definition) is 1. The van der Waals surface area contributed by atoms with Gasteiger partial charge in [-0.05, 0) is 36.8 Å². The molecule has 2 rings (SSSR count). The van der Waals surface area contributed by atoms with E-state index in [4.69, 9.17) is 26.8 Å². The first-order valence-electron chi connectivity index (χ1n) is 7.41. The number of hydrogen-bond acceptors (Lipinski definition) is 3. The molecular weight excluding hydrogens is 312 g/mol. The standard InChI is InChI=1S/C18H21ClN2O2/c1-13(23-17-8-4-7-16(11-17)22-2)12-21-18(20)10-14-5-3-6-15(19)9-14/h3-9,11,13H,10,12H2,1-2H3,(H2,20,21). The van der Waals surface area contributed by atoms with Crippen molar-refractivity contribution in [2.75, 3.05) is 13.7 Å². The van der Waals surface area contributed by atoms with Gasteiger partial charge >= 0.3 is 0 Å². The van der Waals surface area contributed by atoms with E-state index in [1.165, 1.54) is 0 Å². The molecule has 0 spiro atoms. The number of nitrogens with zero attached hydrogens (tertiary/aromatic N) is 1. The predicted octanol–water partition coefficient (Wildman–Crippen LogP) is 3.72. The molecule has 2 N–H and O–H groups in total. The lowest BCUT2D eigenvalue weighted by molar-refractivity contribution is 0.229. The van der Waals surface area contributed by atoms with Crippen LogP contribution in [0.2, 0.25) is 5.02 Å². The second-order valence-electron chi connectivity index (χ2n) is 5.25. The number of ether oxygens (including phenoxy) is 2. The Hall–Kier alpha value is -2.20. The molecule has 0 heterocycles. The van der Waals surface area contributed by atoms with Gasteiger partial charge in [0.2, 0.25) is 0 Å². The molecule has 0 bridgehead atoms. The van der Waals surface area contributed by atoms with Crippen molar-refractivity contribution in [1.29, 1.82) is 0 Å². The van der Waals surface area contributed by atoms with Crippen LogP contribution >= 0.6 is 11.6 Å². The number of halogens is 1. The molecule has 2 aromatic rings. The molecular formula is C18H21ClN2O2. The second kappa shape index (κ2) is 8.44. The smallest absolute Gasteiger partial charge is 0.123 e. The molecule has 0 aliphatic carbocycles. The number of rotatable bonds is 7. The van der Waals surface area contributed by atoms with Crippen molar-refractivity contribution in [3.05, 3.63) is 59.1 Å². The molecule has 0 aliphatic rings. The van der Waals surface area contributed by atoms with Crippen molar-refractivity contribution >= 4 is 17.4 Å². The molecule has 4 nitrogen and oxygen atoms in total. The second-order valence-corrected chi connectivity index (χ2v) is 5.68. The van der Waals surface area contributed by atoms with Gasteiger partial charge < -0.3 is 15.2 Å². The highest BCUT2D eigenvalue weighted by Crippen LogP contribution is 2.20. The van der Waals surface area contributed by atoms with Crippen molar-refractivity contribution in [3.8, 4) is 11.5 Å². The molecule has 0 saturated carbocycles. The van der Waals surface area contributed by atoms with Crippen molar-refractivity contribution in [3.63, 3.8) is 0 Å². The highest BCUT2D eigenvalue weighted by molar-refractivity contribution is 6.30. The summed E-state index contributed by atoms with van der Waals surface area (Å²) >= 11 is 5.96. The number of methoxy groups -OCH3 is 1. The summed E-state index contributed by atoms with van der Waals surface area (Å²) in [5.74, 6) is 2.08. The fourth-order valence-corrected chi connectivity index (χ4v) is 2.31. The Bertz CT molecular complexity index is 674. The Kier molecular flexibility index (Phi) is 6.29. The summed E-state index contributed by atoms with van der Waals surface area (Å²) in [4.78, 5) is 4.38. The summed E-state index contributed by atoms with van der Waals surface area (Å²) in [6, 6.07) is 15.1. The van der Waals surface area contributed by atoms with Gasteiger partial charge in [-0.25, -0.2) is 0 Å². The summed E-state index contributed by atoms with van der Waals surface area (Å²) < 4.78 is 11.0.